The molecule has 2 amide bonds. The van der Waals surface area contributed by atoms with Crippen LogP contribution >= 0.6 is 0 Å². The van der Waals surface area contributed by atoms with Crippen LogP contribution in [0.15, 0.2) is 54.6 Å². The summed E-state index contributed by atoms with van der Waals surface area (Å²) in [7, 11) is 0. The Morgan fingerprint density at radius 1 is 1.08 bits per heavy atom. The number of hydrogen-bond donors (Lipinski definition) is 2. The molecule has 0 unspecified atom stereocenters. The van der Waals surface area contributed by atoms with Crippen molar-refractivity contribution in [2.75, 3.05) is 5.32 Å². The van der Waals surface area contributed by atoms with E-state index in [9.17, 15) is 9.59 Å². The van der Waals surface area contributed by atoms with Crippen LogP contribution < -0.4 is 10.6 Å². The van der Waals surface area contributed by atoms with Crippen molar-refractivity contribution in [2.24, 2.45) is 5.92 Å². The molecule has 2 aromatic carbocycles. The summed E-state index contributed by atoms with van der Waals surface area (Å²) in [6.07, 6.45) is 3.33. The van der Waals surface area contributed by atoms with Crippen LogP contribution in [0.25, 0.3) is 6.08 Å². The van der Waals surface area contributed by atoms with E-state index in [2.05, 4.69) is 10.6 Å². The topological polar surface area (TPSA) is 58.2 Å². The van der Waals surface area contributed by atoms with Crippen LogP contribution in [0, 0.1) is 12.8 Å². The minimum atomic E-state index is -0.140. The van der Waals surface area contributed by atoms with Crippen LogP contribution in [0.2, 0.25) is 0 Å². The molecule has 0 aliphatic carbocycles. The molecule has 0 aliphatic rings. The molecule has 4 nitrogen and oxygen atoms in total. The van der Waals surface area contributed by atoms with Crippen LogP contribution in [-0.4, -0.2) is 11.8 Å². The average molecular weight is 336 g/mol. The van der Waals surface area contributed by atoms with Crippen molar-refractivity contribution in [1.29, 1.82) is 0 Å². The minimum absolute atomic E-state index is 0.0117. The Morgan fingerprint density at radius 3 is 2.44 bits per heavy atom. The van der Waals surface area contributed by atoms with Crippen LogP contribution in [0.4, 0.5) is 5.69 Å². The summed E-state index contributed by atoms with van der Waals surface area (Å²) < 4.78 is 0. The summed E-state index contributed by atoms with van der Waals surface area (Å²) in [4.78, 5) is 23.6. The number of carbonyl (C=O) groups is 2. The Hall–Kier alpha value is -2.88. The molecule has 2 N–H and O–H groups in total. The molecule has 130 valence electrons. The second kappa shape index (κ2) is 8.83. The largest absolute Gasteiger partial charge is 0.348 e. The molecule has 0 fully saturated rings. The van der Waals surface area contributed by atoms with Gasteiger partial charge in [-0.1, -0.05) is 55.8 Å². The summed E-state index contributed by atoms with van der Waals surface area (Å²) in [5.74, 6) is -0.208. The molecule has 0 saturated heterocycles. The van der Waals surface area contributed by atoms with Gasteiger partial charge < -0.3 is 10.6 Å². The molecule has 0 saturated carbocycles. The Bertz CT molecular complexity index is 762. The monoisotopic (exact) mass is 336 g/mol. The number of nitrogens with one attached hydrogen (secondary N) is 2. The lowest BCUT2D eigenvalue weighted by Crippen LogP contribution is -2.20. The molecular weight excluding hydrogens is 312 g/mol. The minimum Gasteiger partial charge on any atom is -0.348 e. The molecule has 0 spiro atoms. The van der Waals surface area contributed by atoms with E-state index in [0.29, 0.717) is 6.54 Å². The third-order valence-electron chi connectivity index (χ3n) is 3.68. The number of benzene rings is 2. The summed E-state index contributed by atoms with van der Waals surface area (Å²) in [5.41, 5.74) is 3.89. The summed E-state index contributed by atoms with van der Waals surface area (Å²) in [5, 5.41) is 5.69. The van der Waals surface area contributed by atoms with Gasteiger partial charge in [-0.3, -0.25) is 9.59 Å². The molecule has 0 aromatic heterocycles. The maximum absolute atomic E-state index is 11.9. The van der Waals surface area contributed by atoms with E-state index in [1.807, 2.05) is 69.3 Å². The van der Waals surface area contributed by atoms with Crippen LogP contribution in [-0.2, 0) is 16.1 Å². The first-order valence-corrected chi connectivity index (χ1v) is 8.36. The van der Waals surface area contributed by atoms with Gasteiger partial charge in [-0.25, -0.2) is 0 Å². The Labute approximate surface area is 149 Å². The summed E-state index contributed by atoms with van der Waals surface area (Å²) >= 11 is 0. The molecule has 0 bridgehead atoms. The SMILES string of the molecule is Cc1cccc(/C=C/C(=O)NCc2ccc(NC(=O)C(C)C)cc2)c1. The zero-order valence-corrected chi connectivity index (χ0v) is 14.9. The number of hydrogen-bond acceptors (Lipinski definition) is 2. The zero-order valence-electron chi connectivity index (χ0n) is 14.9. The summed E-state index contributed by atoms with van der Waals surface area (Å²) in [6.45, 7) is 6.16. The van der Waals surface area contributed by atoms with Crippen LogP contribution in [0.5, 0.6) is 0 Å². The average Bonchev–Trinajstić information content (AvgIpc) is 2.59. The van der Waals surface area contributed by atoms with Gasteiger partial charge in [-0.2, -0.15) is 0 Å². The molecule has 0 heterocycles. The van der Waals surface area contributed by atoms with Gasteiger partial charge in [0.2, 0.25) is 11.8 Å². The lowest BCUT2D eigenvalue weighted by molar-refractivity contribution is -0.119. The molecule has 25 heavy (non-hydrogen) atoms. The molecule has 4 heteroatoms. The van der Waals surface area contributed by atoms with E-state index in [0.717, 1.165) is 22.4 Å². The van der Waals surface area contributed by atoms with Crippen molar-refractivity contribution in [2.45, 2.75) is 27.3 Å². The van der Waals surface area contributed by atoms with E-state index >= 15 is 0 Å². The van der Waals surface area contributed by atoms with E-state index in [1.54, 1.807) is 6.08 Å². The molecule has 2 rings (SSSR count). The Morgan fingerprint density at radius 2 is 1.80 bits per heavy atom. The first-order valence-electron chi connectivity index (χ1n) is 8.36. The molecule has 2 aromatic rings. The van der Waals surface area contributed by atoms with Gasteiger partial charge in [-0.15, -0.1) is 0 Å². The van der Waals surface area contributed by atoms with Crippen molar-refractivity contribution >= 4 is 23.6 Å². The fourth-order valence-corrected chi connectivity index (χ4v) is 2.19. The third-order valence-corrected chi connectivity index (χ3v) is 3.68. The first-order chi connectivity index (χ1) is 11.9. The quantitative estimate of drug-likeness (QED) is 0.786. The predicted molar refractivity (Wildman–Crippen MR) is 102 cm³/mol. The van der Waals surface area contributed by atoms with Gasteiger partial charge in [0.15, 0.2) is 0 Å². The lowest BCUT2D eigenvalue weighted by atomic mass is 10.1. The third kappa shape index (κ3) is 6.26. The van der Waals surface area contributed by atoms with E-state index in [-0.39, 0.29) is 17.7 Å². The van der Waals surface area contributed by atoms with Crippen molar-refractivity contribution in [3.05, 3.63) is 71.3 Å². The Balaban J connectivity index is 1.84. The zero-order chi connectivity index (χ0) is 18.2. The smallest absolute Gasteiger partial charge is 0.244 e. The highest BCUT2D eigenvalue weighted by Crippen LogP contribution is 2.11. The van der Waals surface area contributed by atoms with Crippen molar-refractivity contribution < 1.29 is 9.59 Å². The van der Waals surface area contributed by atoms with Gasteiger partial charge in [0, 0.05) is 24.2 Å². The van der Waals surface area contributed by atoms with Gasteiger partial charge in [-0.05, 0) is 36.3 Å². The van der Waals surface area contributed by atoms with Crippen molar-refractivity contribution in [3.8, 4) is 0 Å². The van der Waals surface area contributed by atoms with Gasteiger partial charge >= 0.3 is 0 Å². The van der Waals surface area contributed by atoms with Gasteiger partial charge in [0.05, 0.1) is 0 Å². The maximum atomic E-state index is 11.9. The molecule has 0 radical (unpaired) electrons. The van der Waals surface area contributed by atoms with Gasteiger partial charge in [0.1, 0.15) is 0 Å². The first kappa shape index (κ1) is 18.5. The standard InChI is InChI=1S/C21H24N2O2/c1-15(2)21(25)23-19-10-7-18(8-11-19)14-22-20(24)12-9-17-6-4-5-16(3)13-17/h4-13,15H,14H2,1-3H3,(H,22,24)(H,23,25)/b12-9+. The maximum Gasteiger partial charge on any atom is 0.244 e. The highest BCUT2D eigenvalue weighted by Gasteiger charge is 2.06. The number of rotatable bonds is 6. The lowest BCUT2D eigenvalue weighted by Gasteiger charge is -2.08. The predicted octanol–water partition coefficient (Wildman–Crippen LogP) is 3.92. The van der Waals surface area contributed by atoms with Crippen LogP contribution in [0.1, 0.15) is 30.5 Å². The number of carbonyl (C=O) groups excluding carboxylic acids is 2. The number of amides is 2. The fraction of sp³-hybridized carbons (Fsp3) is 0.238. The molecule has 0 atom stereocenters. The van der Waals surface area contributed by atoms with Crippen molar-refractivity contribution in [3.63, 3.8) is 0 Å². The Kier molecular flexibility index (Phi) is 6.52. The summed E-state index contributed by atoms with van der Waals surface area (Å²) in [6, 6.07) is 15.4. The molecular formula is C21H24N2O2. The highest BCUT2D eigenvalue weighted by atomic mass is 16.2. The van der Waals surface area contributed by atoms with E-state index in [1.165, 1.54) is 6.08 Å². The molecule has 0 aliphatic heterocycles. The van der Waals surface area contributed by atoms with Gasteiger partial charge in [0.25, 0.3) is 0 Å². The second-order valence-corrected chi connectivity index (χ2v) is 6.31. The number of anilines is 1. The van der Waals surface area contributed by atoms with Crippen molar-refractivity contribution in [1.82, 2.24) is 5.32 Å². The van der Waals surface area contributed by atoms with Crippen LogP contribution in [0.3, 0.4) is 0 Å². The number of aryl methyl sites for hydroxylation is 1. The highest BCUT2D eigenvalue weighted by molar-refractivity contribution is 5.92. The van der Waals surface area contributed by atoms with E-state index < -0.39 is 0 Å². The second-order valence-electron chi connectivity index (χ2n) is 6.31. The van der Waals surface area contributed by atoms with E-state index in [4.69, 9.17) is 0 Å². The fourth-order valence-electron chi connectivity index (χ4n) is 2.19. The normalized spacial score (nSPS) is 10.9.